The van der Waals surface area contributed by atoms with Gasteiger partial charge in [0.1, 0.15) is 0 Å². The van der Waals surface area contributed by atoms with Crippen LogP contribution in [0.25, 0.3) is 122 Å². The molecule has 0 aliphatic heterocycles. The zero-order chi connectivity index (χ0) is 42.4. The van der Waals surface area contributed by atoms with E-state index < -0.39 is 0 Å². The lowest BCUT2D eigenvalue weighted by Gasteiger charge is -2.17. The van der Waals surface area contributed by atoms with Crippen LogP contribution in [-0.2, 0) is 0 Å². The van der Waals surface area contributed by atoms with Crippen LogP contribution in [0.1, 0.15) is 0 Å². The summed E-state index contributed by atoms with van der Waals surface area (Å²) in [5, 5.41) is 8.27. The van der Waals surface area contributed by atoms with Crippen LogP contribution in [0, 0.1) is 0 Å². The van der Waals surface area contributed by atoms with E-state index in [1.54, 1.807) is 0 Å². The van der Waals surface area contributed by atoms with Gasteiger partial charge in [-0.3, -0.25) is 0 Å². The molecule has 10 aromatic carbocycles. The molecule has 0 aliphatic rings. The fourth-order valence-corrected chi connectivity index (χ4v) is 9.29. The molecule has 3 nitrogen and oxygen atoms in total. The molecule has 2 heterocycles. The van der Waals surface area contributed by atoms with Crippen LogP contribution >= 0.6 is 0 Å². The molecule has 0 amide bonds. The van der Waals surface area contributed by atoms with Crippen LogP contribution in [0.15, 0.2) is 237 Å². The Labute approximate surface area is 371 Å². The molecule has 3 heteroatoms. The molecule has 12 aromatic rings. The van der Waals surface area contributed by atoms with Crippen molar-refractivity contribution in [2.45, 2.75) is 0 Å². The van der Waals surface area contributed by atoms with Gasteiger partial charge in [-0.25, -0.2) is 15.0 Å². The molecule has 64 heavy (non-hydrogen) atoms. The van der Waals surface area contributed by atoms with E-state index in [9.17, 15) is 0 Å². The van der Waals surface area contributed by atoms with E-state index in [1.807, 2.05) is 6.07 Å². The first-order valence-electron chi connectivity index (χ1n) is 21.8. The summed E-state index contributed by atoms with van der Waals surface area (Å²) in [6.07, 6.45) is 0. The number of aromatic nitrogens is 3. The summed E-state index contributed by atoms with van der Waals surface area (Å²) >= 11 is 0. The third-order valence-corrected chi connectivity index (χ3v) is 12.4. The molecule has 0 bridgehead atoms. The quantitative estimate of drug-likeness (QED) is 0.150. The first kappa shape index (κ1) is 37.2. The molecule has 0 radical (unpaired) electrons. The van der Waals surface area contributed by atoms with Gasteiger partial charge in [-0.2, -0.15) is 0 Å². The maximum Gasteiger partial charge on any atom is 0.160 e. The molecule has 12 rings (SSSR count). The van der Waals surface area contributed by atoms with E-state index in [2.05, 4.69) is 231 Å². The second kappa shape index (κ2) is 15.7. The highest BCUT2D eigenvalue weighted by Gasteiger charge is 2.18. The molecule has 0 saturated carbocycles. The van der Waals surface area contributed by atoms with Gasteiger partial charge in [-0.15, -0.1) is 0 Å². The molecule has 0 fully saturated rings. The van der Waals surface area contributed by atoms with Crippen molar-refractivity contribution in [3.63, 3.8) is 0 Å². The minimum Gasteiger partial charge on any atom is -0.247 e. The number of nitrogens with zero attached hydrogens (tertiary/aromatic N) is 3. The number of para-hydroxylation sites is 1. The Hall–Kier alpha value is -8.53. The molecule has 2 aromatic heterocycles. The van der Waals surface area contributed by atoms with Gasteiger partial charge >= 0.3 is 0 Å². The Morgan fingerprint density at radius 3 is 1.47 bits per heavy atom. The summed E-state index contributed by atoms with van der Waals surface area (Å²) in [5.74, 6) is 0.676. The second-order valence-electron chi connectivity index (χ2n) is 16.4. The van der Waals surface area contributed by atoms with Crippen LogP contribution in [0.2, 0.25) is 0 Å². The molecule has 0 N–H and O–H groups in total. The number of fused-ring (bicyclic) bond motifs is 6. The van der Waals surface area contributed by atoms with Crippen LogP contribution in [-0.4, -0.2) is 15.0 Å². The number of pyridine rings is 1. The van der Waals surface area contributed by atoms with Gasteiger partial charge < -0.3 is 0 Å². The Bertz CT molecular complexity index is 3620. The molecular formula is C61H39N3. The fraction of sp³-hybridized carbons (Fsp3) is 0. The van der Waals surface area contributed by atoms with Crippen LogP contribution in [0.3, 0.4) is 0 Å². The summed E-state index contributed by atoms with van der Waals surface area (Å²) in [6.45, 7) is 0. The summed E-state index contributed by atoms with van der Waals surface area (Å²) < 4.78 is 0. The van der Waals surface area contributed by atoms with Crippen molar-refractivity contribution in [1.29, 1.82) is 0 Å². The van der Waals surface area contributed by atoms with E-state index in [4.69, 9.17) is 15.0 Å². The van der Waals surface area contributed by atoms with Gasteiger partial charge in [0.15, 0.2) is 5.82 Å². The highest BCUT2D eigenvalue weighted by molar-refractivity contribution is 6.25. The average molecular weight is 814 g/mol. The number of rotatable bonds is 7. The SMILES string of the molecule is c1ccc(-c2cccc(-c3cc(-c4cccc(-c5cc6c(-c7ccc8ccccc8c7)nc7ccccc7c6c6ccccc56)c4)nc(-c4cccc(-c5ccccc5)c4)n3)c2)cc1. The van der Waals surface area contributed by atoms with Gasteiger partial charge in [0.2, 0.25) is 0 Å². The van der Waals surface area contributed by atoms with Crippen molar-refractivity contribution in [3.05, 3.63) is 237 Å². The summed E-state index contributed by atoms with van der Waals surface area (Å²) in [7, 11) is 0. The highest BCUT2D eigenvalue weighted by atomic mass is 14.9. The maximum absolute atomic E-state index is 5.40. The third-order valence-electron chi connectivity index (χ3n) is 12.4. The normalized spacial score (nSPS) is 11.4. The number of benzene rings is 10. The Morgan fingerprint density at radius 2 is 0.766 bits per heavy atom. The second-order valence-corrected chi connectivity index (χ2v) is 16.4. The smallest absolute Gasteiger partial charge is 0.160 e. The molecule has 298 valence electrons. The van der Waals surface area contributed by atoms with Crippen molar-refractivity contribution < 1.29 is 0 Å². The minimum absolute atomic E-state index is 0.676. The first-order chi connectivity index (χ1) is 31.7. The predicted molar refractivity (Wildman–Crippen MR) is 268 cm³/mol. The lowest BCUT2D eigenvalue weighted by atomic mass is 9.89. The molecule has 0 spiro atoms. The van der Waals surface area contributed by atoms with Crippen molar-refractivity contribution in [1.82, 2.24) is 15.0 Å². The van der Waals surface area contributed by atoms with E-state index in [0.717, 1.165) is 89.0 Å². The third kappa shape index (κ3) is 6.77. The predicted octanol–water partition coefficient (Wildman–Crippen LogP) is 16.2. The van der Waals surface area contributed by atoms with Crippen molar-refractivity contribution in [2.24, 2.45) is 0 Å². The topological polar surface area (TPSA) is 38.7 Å². The van der Waals surface area contributed by atoms with E-state index >= 15 is 0 Å². The van der Waals surface area contributed by atoms with Crippen molar-refractivity contribution >= 4 is 43.2 Å². The summed E-state index contributed by atoms with van der Waals surface area (Å²) in [4.78, 5) is 16.0. The monoisotopic (exact) mass is 813 g/mol. The van der Waals surface area contributed by atoms with Gasteiger partial charge in [0, 0.05) is 38.4 Å². The van der Waals surface area contributed by atoms with Crippen molar-refractivity contribution in [3.8, 4) is 78.5 Å². The molecule has 0 saturated heterocycles. The van der Waals surface area contributed by atoms with Gasteiger partial charge in [-0.1, -0.05) is 194 Å². The van der Waals surface area contributed by atoms with Gasteiger partial charge in [-0.05, 0) is 97.4 Å². The van der Waals surface area contributed by atoms with Crippen molar-refractivity contribution in [2.75, 3.05) is 0 Å². The first-order valence-corrected chi connectivity index (χ1v) is 21.8. The number of hydrogen-bond acceptors (Lipinski definition) is 3. The van der Waals surface area contributed by atoms with E-state index in [1.165, 1.54) is 26.9 Å². The van der Waals surface area contributed by atoms with Crippen LogP contribution < -0.4 is 0 Å². The Balaban J connectivity index is 1.06. The zero-order valence-corrected chi connectivity index (χ0v) is 34.9. The zero-order valence-electron chi connectivity index (χ0n) is 34.9. The lowest BCUT2D eigenvalue weighted by molar-refractivity contribution is 1.18. The summed E-state index contributed by atoms with van der Waals surface area (Å²) in [6, 6.07) is 84.1. The molecule has 0 aliphatic carbocycles. The molecule has 0 unspecified atom stereocenters. The lowest BCUT2D eigenvalue weighted by Crippen LogP contribution is -1.97. The van der Waals surface area contributed by atoms with E-state index in [-0.39, 0.29) is 0 Å². The summed E-state index contributed by atoms with van der Waals surface area (Å²) in [5.41, 5.74) is 14.6. The minimum atomic E-state index is 0.676. The van der Waals surface area contributed by atoms with Crippen LogP contribution in [0.4, 0.5) is 0 Å². The molecular weight excluding hydrogens is 775 g/mol. The fourth-order valence-electron chi connectivity index (χ4n) is 9.29. The highest BCUT2D eigenvalue weighted by Crippen LogP contribution is 2.43. The van der Waals surface area contributed by atoms with Gasteiger partial charge in [0.05, 0.1) is 22.6 Å². The standard InChI is InChI=1S/C61H39N3/c1-3-16-40(17-4-1)44-22-13-25-47(34-44)57-39-58(64-61(63-57)50-27-14-23-45(36-50)41-18-5-2-6-19-41)48-26-15-24-46(37-48)54-38-55-59(52-29-10-9-28-51(52)54)53-30-11-12-31-56(53)62-60(55)49-33-32-42-20-7-8-21-43(42)35-49/h1-39H. The van der Waals surface area contributed by atoms with Crippen LogP contribution in [0.5, 0.6) is 0 Å². The Kier molecular flexibility index (Phi) is 9.16. The van der Waals surface area contributed by atoms with Gasteiger partial charge in [0.25, 0.3) is 0 Å². The number of hydrogen-bond donors (Lipinski definition) is 0. The maximum atomic E-state index is 5.40. The average Bonchev–Trinajstić information content (AvgIpc) is 3.38. The Morgan fingerprint density at radius 1 is 0.250 bits per heavy atom. The largest absolute Gasteiger partial charge is 0.247 e. The van der Waals surface area contributed by atoms with E-state index in [0.29, 0.717) is 5.82 Å². The molecule has 0 atom stereocenters.